The van der Waals surface area contributed by atoms with Crippen LogP contribution in [-0.4, -0.2) is 68.5 Å². The van der Waals surface area contributed by atoms with Crippen LogP contribution in [0.4, 0.5) is 0 Å². The standard InChI is InChI=1S/C43H87N2O6P/c1-6-8-10-12-14-16-18-20-21-22-23-24-25-27-29-31-33-35-37-43(47)44-41(40-51-52(48,49)50-39-38-45(3,4)5)42(46)36-34-32-30-28-26-19-17-15-13-11-9-7-2/h34,36,41-42,46H,6-33,35,37-40H2,1-5H3,(H-,44,47,48,49)/b36-34+. The molecule has 0 aromatic rings. The molecule has 3 unspecified atom stereocenters. The van der Waals surface area contributed by atoms with Crippen molar-refractivity contribution in [2.24, 2.45) is 0 Å². The summed E-state index contributed by atoms with van der Waals surface area (Å²) < 4.78 is 23.2. The Bertz CT molecular complexity index is 865. The summed E-state index contributed by atoms with van der Waals surface area (Å²) in [6, 6.07) is -0.878. The largest absolute Gasteiger partial charge is 0.756 e. The molecule has 0 rings (SSSR count). The number of amides is 1. The van der Waals surface area contributed by atoms with E-state index in [0.29, 0.717) is 17.4 Å². The molecule has 0 aliphatic carbocycles. The number of likely N-dealkylation sites (N-methyl/N-ethyl adjacent to an activating group) is 1. The molecule has 0 aromatic carbocycles. The van der Waals surface area contributed by atoms with Crippen molar-refractivity contribution in [2.45, 2.75) is 219 Å². The second kappa shape index (κ2) is 35.9. The quantitative estimate of drug-likeness (QED) is 0.0279. The summed E-state index contributed by atoms with van der Waals surface area (Å²) in [4.78, 5) is 25.2. The number of carbonyl (C=O) groups excluding carboxylic acids is 1. The predicted octanol–water partition coefficient (Wildman–Crippen LogP) is 11.3. The van der Waals surface area contributed by atoms with Gasteiger partial charge in [0, 0.05) is 6.42 Å². The average Bonchev–Trinajstić information content (AvgIpc) is 3.09. The molecule has 52 heavy (non-hydrogen) atoms. The van der Waals surface area contributed by atoms with E-state index in [0.717, 1.165) is 38.5 Å². The monoisotopic (exact) mass is 759 g/mol. The number of nitrogens with one attached hydrogen (secondary N) is 1. The van der Waals surface area contributed by atoms with E-state index < -0.39 is 20.0 Å². The van der Waals surface area contributed by atoms with Crippen LogP contribution in [0.25, 0.3) is 0 Å². The number of phosphoric acid groups is 1. The van der Waals surface area contributed by atoms with Gasteiger partial charge in [0.15, 0.2) is 0 Å². The molecule has 9 heteroatoms. The molecule has 0 fully saturated rings. The third-order valence-electron chi connectivity index (χ3n) is 10.00. The van der Waals surface area contributed by atoms with Gasteiger partial charge in [-0.3, -0.25) is 9.36 Å². The highest BCUT2D eigenvalue weighted by Gasteiger charge is 2.23. The molecule has 0 aromatic heterocycles. The first kappa shape index (κ1) is 51.2. The predicted molar refractivity (Wildman–Crippen MR) is 219 cm³/mol. The summed E-state index contributed by atoms with van der Waals surface area (Å²) >= 11 is 0. The van der Waals surface area contributed by atoms with E-state index in [1.165, 1.54) is 148 Å². The van der Waals surface area contributed by atoms with Crippen LogP contribution in [0.5, 0.6) is 0 Å². The van der Waals surface area contributed by atoms with Crippen molar-refractivity contribution in [1.82, 2.24) is 5.32 Å². The Hall–Kier alpha value is -0.760. The van der Waals surface area contributed by atoms with Crippen molar-refractivity contribution in [1.29, 1.82) is 0 Å². The van der Waals surface area contributed by atoms with Gasteiger partial charge in [-0.15, -0.1) is 0 Å². The van der Waals surface area contributed by atoms with E-state index in [2.05, 4.69) is 19.2 Å². The minimum atomic E-state index is -4.58. The maximum Gasteiger partial charge on any atom is 0.268 e. The van der Waals surface area contributed by atoms with Crippen molar-refractivity contribution in [3.05, 3.63) is 12.2 Å². The number of carbonyl (C=O) groups is 1. The maximum absolute atomic E-state index is 12.8. The van der Waals surface area contributed by atoms with E-state index in [1.807, 2.05) is 27.2 Å². The highest BCUT2D eigenvalue weighted by molar-refractivity contribution is 7.45. The summed E-state index contributed by atoms with van der Waals surface area (Å²) in [5.74, 6) is -0.195. The Kier molecular flexibility index (Phi) is 35.4. The summed E-state index contributed by atoms with van der Waals surface area (Å²) in [5, 5.41) is 13.7. The second-order valence-corrected chi connectivity index (χ2v) is 17.8. The molecular formula is C43H87N2O6P. The van der Waals surface area contributed by atoms with E-state index in [-0.39, 0.29) is 19.1 Å². The fourth-order valence-corrected chi connectivity index (χ4v) is 7.17. The Labute approximate surface area is 322 Å². The lowest BCUT2D eigenvalue weighted by Crippen LogP contribution is -2.45. The summed E-state index contributed by atoms with van der Waals surface area (Å²) in [7, 11) is 1.27. The lowest BCUT2D eigenvalue weighted by molar-refractivity contribution is -0.870. The molecule has 2 N–H and O–H groups in total. The van der Waals surface area contributed by atoms with Gasteiger partial charge >= 0.3 is 0 Å². The molecule has 0 saturated carbocycles. The number of allylic oxidation sites excluding steroid dienone is 1. The Morgan fingerprint density at radius 2 is 1.04 bits per heavy atom. The van der Waals surface area contributed by atoms with Crippen LogP contribution in [0.15, 0.2) is 12.2 Å². The van der Waals surface area contributed by atoms with Crippen molar-refractivity contribution >= 4 is 13.7 Å². The van der Waals surface area contributed by atoms with Crippen LogP contribution in [-0.2, 0) is 18.4 Å². The van der Waals surface area contributed by atoms with Gasteiger partial charge < -0.3 is 28.8 Å². The highest BCUT2D eigenvalue weighted by Crippen LogP contribution is 2.38. The fraction of sp³-hybridized carbons (Fsp3) is 0.930. The topological polar surface area (TPSA) is 108 Å². The lowest BCUT2D eigenvalue weighted by atomic mass is 10.0. The minimum Gasteiger partial charge on any atom is -0.756 e. The Morgan fingerprint density at radius 3 is 1.44 bits per heavy atom. The smallest absolute Gasteiger partial charge is 0.268 e. The number of phosphoric ester groups is 1. The third kappa shape index (κ3) is 37.6. The molecule has 0 heterocycles. The summed E-state index contributed by atoms with van der Waals surface area (Å²) in [6.45, 7) is 4.65. The van der Waals surface area contributed by atoms with E-state index in [9.17, 15) is 19.4 Å². The number of unbranched alkanes of at least 4 members (excludes halogenated alkanes) is 27. The van der Waals surface area contributed by atoms with Crippen molar-refractivity contribution in [3.63, 3.8) is 0 Å². The van der Waals surface area contributed by atoms with Gasteiger partial charge in [0.1, 0.15) is 13.2 Å². The molecule has 0 spiro atoms. The first-order valence-electron chi connectivity index (χ1n) is 22.1. The van der Waals surface area contributed by atoms with Gasteiger partial charge in [0.2, 0.25) is 5.91 Å². The summed E-state index contributed by atoms with van der Waals surface area (Å²) in [5.41, 5.74) is 0. The normalized spacial score (nSPS) is 14.5. The van der Waals surface area contributed by atoms with E-state index >= 15 is 0 Å². The molecule has 0 bridgehead atoms. The molecule has 0 aliphatic heterocycles. The number of aliphatic hydroxyl groups excluding tert-OH is 1. The SMILES string of the molecule is CCCCCCCCCCCC/C=C/C(O)C(COP(=O)([O-])OCC[N+](C)(C)C)NC(=O)CCCCCCCCCCCCCCCCCCCC. The second-order valence-electron chi connectivity index (χ2n) is 16.4. The van der Waals surface area contributed by atoms with Crippen LogP contribution in [0.3, 0.4) is 0 Å². The number of hydrogen-bond acceptors (Lipinski definition) is 6. The number of quaternary nitrogens is 1. The zero-order valence-corrected chi connectivity index (χ0v) is 35.9. The van der Waals surface area contributed by atoms with Crippen LogP contribution in [0.2, 0.25) is 0 Å². The number of nitrogens with zero attached hydrogens (tertiary/aromatic N) is 1. The van der Waals surface area contributed by atoms with Gasteiger partial charge in [0.05, 0.1) is 39.9 Å². The van der Waals surface area contributed by atoms with Crippen molar-refractivity contribution < 1.29 is 32.9 Å². The molecule has 1 amide bonds. The van der Waals surface area contributed by atoms with Gasteiger partial charge in [-0.1, -0.05) is 193 Å². The van der Waals surface area contributed by atoms with Gasteiger partial charge in [-0.05, 0) is 19.3 Å². The first-order valence-corrected chi connectivity index (χ1v) is 23.5. The third-order valence-corrected chi connectivity index (χ3v) is 11.0. The molecule has 0 saturated heterocycles. The number of aliphatic hydroxyl groups is 1. The molecule has 3 atom stereocenters. The van der Waals surface area contributed by atoms with E-state index in [4.69, 9.17) is 9.05 Å². The van der Waals surface area contributed by atoms with E-state index in [1.54, 1.807) is 6.08 Å². The average molecular weight is 759 g/mol. The highest BCUT2D eigenvalue weighted by atomic mass is 31.2. The number of hydrogen-bond donors (Lipinski definition) is 2. The minimum absolute atomic E-state index is 0.00196. The lowest BCUT2D eigenvalue weighted by Gasteiger charge is -2.29. The van der Waals surface area contributed by atoms with Gasteiger partial charge in [-0.2, -0.15) is 0 Å². The maximum atomic E-state index is 12.8. The zero-order chi connectivity index (χ0) is 38.6. The Balaban J connectivity index is 4.35. The number of rotatable bonds is 40. The molecule has 8 nitrogen and oxygen atoms in total. The molecular weight excluding hydrogens is 671 g/mol. The molecule has 310 valence electrons. The first-order chi connectivity index (χ1) is 25.0. The zero-order valence-electron chi connectivity index (χ0n) is 35.0. The van der Waals surface area contributed by atoms with Crippen LogP contribution < -0.4 is 10.2 Å². The van der Waals surface area contributed by atoms with Crippen LogP contribution >= 0.6 is 7.82 Å². The van der Waals surface area contributed by atoms with Crippen LogP contribution in [0.1, 0.15) is 206 Å². The van der Waals surface area contributed by atoms with Gasteiger partial charge in [0.25, 0.3) is 7.82 Å². The summed E-state index contributed by atoms with van der Waals surface area (Å²) in [6.07, 6.45) is 39.6. The fourth-order valence-electron chi connectivity index (χ4n) is 6.45. The Morgan fingerprint density at radius 1 is 0.654 bits per heavy atom. The van der Waals surface area contributed by atoms with Crippen molar-refractivity contribution in [2.75, 3.05) is 40.9 Å². The van der Waals surface area contributed by atoms with Crippen molar-refractivity contribution in [3.8, 4) is 0 Å². The molecule has 0 aliphatic rings. The van der Waals surface area contributed by atoms with Gasteiger partial charge in [-0.25, -0.2) is 0 Å². The molecule has 0 radical (unpaired) electrons. The van der Waals surface area contributed by atoms with Crippen LogP contribution in [0, 0.1) is 0 Å².